The van der Waals surface area contributed by atoms with Crippen molar-refractivity contribution in [2.24, 2.45) is 0 Å². The molecule has 0 aliphatic heterocycles. The lowest BCUT2D eigenvalue weighted by Gasteiger charge is -2.20. The molecule has 0 saturated carbocycles. The molecule has 0 radical (unpaired) electrons. The van der Waals surface area contributed by atoms with Crippen molar-refractivity contribution in [1.82, 2.24) is 0 Å². The number of hydrogen-bond donors (Lipinski definition) is 1. The van der Waals surface area contributed by atoms with E-state index < -0.39 is 12.5 Å². The van der Waals surface area contributed by atoms with Gasteiger partial charge in [0.25, 0.3) is 0 Å². The van der Waals surface area contributed by atoms with Gasteiger partial charge < -0.3 is 5.11 Å². The fourth-order valence-corrected chi connectivity index (χ4v) is 1.76. The molecule has 18 heavy (non-hydrogen) atoms. The second kappa shape index (κ2) is 5.95. The minimum Gasteiger partial charge on any atom is -0.388 e. The Morgan fingerprint density at radius 2 is 1.94 bits per heavy atom. The zero-order chi connectivity index (χ0) is 13.8. The first-order valence-electron chi connectivity index (χ1n) is 5.33. The lowest BCUT2D eigenvalue weighted by molar-refractivity contribution is -0.156. The summed E-state index contributed by atoms with van der Waals surface area (Å²) in [6, 6.07) is 4.62. The Labute approximate surface area is 101 Å². The van der Waals surface area contributed by atoms with Crippen molar-refractivity contribution in [3.8, 4) is 0 Å². The normalized spacial score (nSPS) is 18.4. The average molecular weight is 264 g/mol. The summed E-state index contributed by atoms with van der Waals surface area (Å²) in [5, 5.41) is 9.53. The number of halogens is 4. The van der Waals surface area contributed by atoms with Crippen LogP contribution in [0.4, 0.5) is 17.6 Å². The van der Waals surface area contributed by atoms with E-state index in [1.807, 2.05) is 0 Å². The Morgan fingerprint density at radius 1 is 1.33 bits per heavy atom. The van der Waals surface area contributed by atoms with Gasteiger partial charge in [0, 0.05) is 0 Å². The lowest BCUT2D eigenvalue weighted by Crippen LogP contribution is -2.08. The van der Waals surface area contributed by atoms with Crippen LogP contribution in [0.2, 0.25) is 0 Å². The molecule has 1 unspecified atom stereocenters. The van der Waals surface area contributed by atoms with Crippen LogP contribution in [0.3, 0.4) is 0 Å². The van der Waals surface area contributed by atoms with Gasteiger partial charge in [-0.25, -0.2) is 4.39 Å². The summed E-state index contributed by atoms with van der Waals surface area (Å²) in [6.07, 6.45) is -3.43. The van der Waals surface area contributed by atoms with Crippen LogP contribution in [0.15, 0.2) is 18.2 Å². The highest BCUT2D eigenvalue weighted by Crippen LogP contribution is 2.29. The Bertz CT molecular complexity index is 415. The highest BCUT2D eigenvalue weighted by atomic mass is 19.4. The third-order valence-electron chi connectivity index (χ3n) is 2.52. The van der Waals surface area contributed by atoms with Gasteiger partial charge in [0.2, 0.25) is 6.29 Å². The summed E-state index contributed by atoms with van der Waals surface area (Å²) in [4.78, 5) is 8.70. The topological polar surface area (TPSA) is 37.3 Å². The number of carbonyl (C=O) groups is 1. The SMILES string of the molecule is O=CC(F)(F)F.OC1CCCc2cc(F)ccc21. The Hall–Kier alpha value is -1.43. The van der Waals surface area contributed by atoms with Crippen molar-refractivity contribution in [2.45, 2.75) is 31.5 Å². The summed E-state index contributed by atoms with van der Waals surface area (Å²) in [5.41, 5.74) is 1.87. The van der Waals surface area contributed by atoms with Crippen LogP contribution in [-0.4, -0.2) is 17.6 Å². The van der Waals surface area contributed by atoms with E-state index in [9.17, 15) is 22.7 Å². The first-order valence-corrected chi connectivity index (χ1v) is 5.33. The van der Waals surface area contributed by atoms with Gasteiger partial charge in [-0.1, -0.05) is 6.07 Å². The molecule has 1 N–H and O–H groups in total. The fourth-order valence-electron chi connectivity index (χ4n) is 1.76. The largest absolute Gasteiger partial charge is 0.446 e. The van der Waals surface area contributed by atoms with E-state index in [0.29, 0.717) is 0 Å². The average Bonchev–Trinajstić information content (AvgIpc) is 2.29. The monoisotopic (exact) mass is 264 g/mol. The van der Waals surface area contributed by atoms with Crippen LogP contribution in [0.1, 0.15) is 30.1 Å². The molecule has 100 valence electrons. The molecule has 1 aliphatic rings. The van der Waals surface area contributed by atoms with Gasteiger partial charge in [-0.2, -0.15) is 13.2 Å². The van der Waals surface area contributed by atoms with Crippen molar-refractivity contribution in [3.05, 3.63) is 35.1 Å². The Balaban J connectivity index is 0.000000232. The summed E-state index contributed by atoms with van der Waals surface area (Å²) >= 11 is 0. The van der Waals surface area contributed by atoms with Crippen LogP contribution < -0.4 is 0 Å². The molecule has 0 heterocycles. The van der Waals surface area contributed by atoms with Crippen molar-refractivity contribution >= 4 is 6.29 Å². The number of aryl methyl sites for hydroxylation is 1. The molecule has 1 aromatic rings. The van der Waals surface area contributed by atoms with Crippen LogP contribution in [0.25, 0.3) is 0 Å². The van der Waals surface area contributed by atoms with Gasteiger partial charge in [0.15, 0.2) is 0 Å². The number of aldehydes is 1. The van der Waals surface area contributed by atoms with E-state index >= 15 is 0 Å². The molecule has 0 aromatic heterocycles. The molecular weight excluding hydrogens is 252 g/mol. The van der Waals surface area contributed by atoms with E-state index in [1.165, 1.54) is 12.1 Å². The highest BCUT2D eigenvalue weighted by Gasteiger charge is 2.24. The predicted molar refractivity (Wildman–Crippen MR) is 56.4 cm³/mol. The van der Waals surface area contributed by atoms with E-state index in [4.69, 9.17) is 4.79 Å². The Morgan fingerprint density at radius 3 is 2.50 bits per heavy atom. The van der Waals surface area contributed by atoms with Gasteiger partial charge in [0.05, 0.1) is 6.10 Å². The van der Waals surface area contributed by atoms with Gasteiger partial charge in [-0.3, -0.25) is 4.79 Å². The molecule has 1 aromatic carbocycles. The number of aliphatic hydroxyl groups is 1. The maximum absolute atomic E-state index is 12.7. The van der Waals surface area contributed by atoms with Crippen molar-refractivity contribution < 1.29 is 27.5 Å². The molecule has 1 atom stereocenters. The Kier molecular flexibility index (Phi) is 4.84. The molecule has 0 spiro atoms. The highest BCUT2D eigenvalue weighted by molar-refractivity contribution is 5.56. The van der Waals surface area contributed by atoms with Gasteiger partial charge in [0.1, 0.15) is 5.82 Å². The van der Waals surface area contributed by atoms with Crippen LogP contribution in [-0.2, 0) is 11.2 Å². The molecule has 1 aliphatic carbocycles. The first-order chi connectivity index (χ1) is 8.33. The van der Waals surface area contributed by atoms with E-state index in [2.05, 4.69) is 0 Å². The molecule has 0 bridgehead atoms. The minimum atomic E-state index is -4.64. The molecule has 0 amide bonds. The van der Waals surface area contributed by atoms with Crippen molar-refractivity contribution in [3.63, 3.8) is 0 Å². The quantitative estimate of drug-likeness (QED) is 0.578. The summed E-state index contributed by atoms with van der Waals surface area (Å²) in [5.74, 6) is -0.206. The number of alkyl halides is 3. The summed E-state index contributed by atoms with van der Waals surface area (Å²) in [6.45, 7) is 0. The van der Waals surface area contributed by atoms with Crippen LogP contribution in [0.5, 0.6) is 0 Å². The number of hydrogen-bond acceptors (Lipinski definition) is 2. The maximum atomic E-state index is 12.7. The standard InChI is InChI=1S/C10H11FO.C2HF3O/c11-8-4-5-9-7(6-8)2-1-3-10(9)12;3-2(4,5)1-6/h4-6,10,12H,1-3H2;1H. The second-order valence-electron chi connectivity index (χ2n) is 3.91. The molecule has 2 rings (SSSR count). The third kappa shape index (κ3) is 4.44. The number of rotatable bonds is 0. The number of carbonyl (C=O) groups excluding carboxylic acids is 1. The van der Waals surface area contributed by atoms with Crippen LogP contribution in [0, 0.1) is 5.82 Å². The van der Waals surface area contributed by atoms with Gasteiger partial charge >= 0.3 is 6.18 Å². The lowest BCUT2D eigenvalue weighted by atomic mass is 9.89. The number of benzene rings is 1. The molecule has 0 fully saturated rings. The third-order valence-corrected chi connectivity index (χ3v) is 2.52. The zero-order valence-electron chi connectivity index (χ0n) is 9.38. The van der Waals surface area contributed by atoms with E-state index in [1.54, 1.807) is 6.07 Å². The summed E-state index contributed by atoms with van der Waals surface area (Å²) in [7, 11) is 0. The van der Waals surface area contributed by atoms with Gasteiger partial charge in [-0.05, 0) is 42.5 Å². The van der Waals surface area contributed by atoms with Crippen LogP contribution >= 0.6 is 0 Å². The molecule has 2 nitrogen and oxygen atoms in total. The molecular formula is C12H12F4O2. The van der Waals surface area contributed by atoms with E-state index in [0.717, 1.165) is 30.4 Å². The number of fused-ring (bicyclic) bond motifs is 1. The van der Waals surface area contributed by atoms with E-state index in [-0.39, 0.29) is 11.9 Å². The summed E-state index contributed by atoms with van der Waals surface area (Å²) < 4.78 is 44.0. The van der Waals surface area contributed by atoms with Crippen molar-refractivity contribution in [1.29, 1.82) is 0 Å². The minimum absolute atomic E-state index is 0.206. The van der Waals surface area contributed by atoms with Gasteiger partial charge in [-0.15, -0.1) is 0 Å². The smallest absolute Gasteiger partial charge is 0.388 e. The predicted octanol–water partition coefficient (Wildman–Crippen LogP) is 2.94. The fraction of sp³-hybridized carbons (Fsp3) is 0.417. The first kappa shape index (κ1) is 14.6. The van der Waals surface area contributed by atoms with Crippen molar-refractivity contribution in [2.75, 3.05) is 0 Å². The number of aliphatic hydroxyl groups excluding tert-OH is 1. The maximum Gasteiger partial charge on any atom is 0.446 e. The zero-order valence-corrected chi connectivity index (χ0v) is 9.38. The molecule has 6 heteroatoms. The second-order valence-corrected chi connectivity index (χ2v) is 3.91. The molecule has 0 saturated heterocycles.